The molecule has 1 aliphatic rings. The number of hydrogen-bond donors (Lipinski definition) is 2. The molecule has 0 saturated carbocycles. The highest BCUT2D eigenvalue weighted by Crippen LogP contribution is 2.48. The van der Waals surface area contributed by atoms with E-state index in [1.165, 1.54) is 19.3 Å². The summed E-state index contributed by atoms with van der Waals surface area (Å²) in [5.74, 6) is 1.19. The topological polar surface area (TPSA) is 40.5 Å². The van der Waals surface area contributed by atoms with Crippen LogP contribution < -0.4 is 0 Å². The summed E-state index contributed by atoms with van der Waals surface area (Å²) in [7, 11) is 0. The molecule has 0 fully saturated rings. The molecule has 1 aliphatic carbocycles. The molecule has 0 heterocycles. The van der Waals surface area contributed by atoms with E-state index in [2.05, 4.69) is 6.92 Å². The van der Waals surface area contributed by atoms with E-state index in [4.69, 9.17) is 0 Å². The lowest BCUT2D eigenvalue weighted by Gasteiger charge is -2.28. The Bertz CT molecular complexity index is 646. The van der Waals surface area contributed by atoms with Crippen LogP contribution in [0, 0.1) is 0 Å². The standard InChI is InChI=1S/C19H24O2/c1-2-3-4-8-13-9-7-12-16-17(13)19(21)15-11-6-5-10-14(15)18(16)20/h5-6,10-11,13,20-21H,2-4,7-9,12H2,1H3. The molecule has 2 aromatic carbocycles. The highest BCUT2D eigenvalue weighted by molar-refractivity contribution is 5.95. The van der Waals surface area contributed by atoms with Gasteiger partial charge < -0.3 is 10.2 Å². The summed E-state index contributed by atoms with van der Waals surface area (Å²) in [6.07, 6.45) is 7.89. The van der Waals surface area contributed by atoms with Crippen LogP contribution in [0.4, 0.5) is 0 Å². The second-order valence-electron chi connectivity index (χ2n) is 6.22. The van der Waals surface area contributed by atoms with Crippen molar-refractivity contribution in [3.8, 4) is 11.5 Å². The summed E-state index contributed by atoms with van der Waals surface area (Å²) in [5.41, 5.74) is 2.01. The normalized spacial score (nSPS) is 17.9. The Balaban J connectivity index is 2.09. The van der Waals surface area contributed by atoms with E-state index in [-0.39, 0.29) is 0 Å². The first-order valence-electron chi connectivity index (χ1n) is 8.19. The summed E-state index contributed by atoms with van der Waals surface area (Å²) < 4.78 is 0. The number of fused-ring (bicyclic) bond motifs is 2. The fourth-order valence-electron chi connectivity index (χ4n) is 3.77. The molecule has 0 spiro atoms. The van der Waals surface area contributed by atoms with Crippen LogP contribution in [0.2, 0.25) is 0 Å². The van der Waals surface area contributed by atoms with Gasteiger partial charge in [-0.05, 0) is 31.6 Å². The second-order valence-corrected chi connectivity index (χ2v) is 6.22. The van der Waals surface area contributed by atoms with E-state index < -0.39 is 0 Å². The third-order valence-electron chi connectivity index (χ3n) is 4.85. The van der Waals surface area contributed by atoms with E-state index in [1.54, 1.807) is 0 Å². The van der Waals surface area contributed by atoms with E-state index >= 15 is 0 Å². The zero-order valence-electron chi connectivity index (χ0n) is 12.7. The van der Waals surface area contributed by atoms with E-state index in [0.717, 1.165) is 47.6 Å². The number of phenolic OH excluding ortho intramolecular Hbond substituents is 2. The van der Waals surface area contributed by atoms with Crippen LogP contribution in [0.25, 0.3) is 10.8 Å². The Labute approximate surface area is 126 Å². The lowest BCUT2D eigenvalue weighted by molar-refractivity contribution is 0.420. The Morgan fingerprint density at radius 1 is 1.05 bits per heavy atom. The summed E-state index contributed by atoms with van der Waals surface area (Å²) in [5, 5.41) is 22.9. The number of unbranched alkanes of at least 4 members (excludes halogenated alkanes) is 2. The molecule has 0 amide bonds. The molecular formula is C19H24O2. The van der Waals surface area contributed by atoms with Crippen molar-refractivity contribution in [2.75, 3.05) is 0 Å². The second kappa shape index (κ2) is 5.97. The summed E-state index contributed by atoms with van der Waals surface area (Å²) in [6, 6.07) is 7.63. The molecule has 2 N–H and O–H groups in total. The van der Waals surface area contributed by atoms with Gasteiger partial charge in [0.25, 0.3) is 0 Å². The largest absolute Gasteiger partial charge is 0.507 e. The Hall–Kier alpha value is -1.70. The first kappa shape index (κ1) is 14.2. The molecule has 21 heavy (non-hydrogen) atoms. The fourth-order valence-corrected chi connectivity index (χ4v) is 3.77. The third kappa shape index (κ3) is 2.48. The van der Waals surface area contributed by atoms with E-state index in [9.17, 15) is 10.2 Å². The van der Waals surface area contributed by atoms with Gasteiger partial charge in [-0.3, -0.25) is 0 Å². The third-order valence-corrected chi connectivity index (χ3v) is 4.85. The molecule has 2 heteroatoms. The zero-order valence-corrected chi connectivity index (χ0v) is 12.7. The van der Waals surface area contributed by atoms with Gasteiger partial charge >= 0.3 is 0 Å². The van der Waals surface area contributed by atoms with Crippen LogP contribution in [0.15, 0.2) is 24.3 Å². The van der Waals surface area contributed by atoms with Crippen LogP contribution >= 0.6 is 0 Å². The van der Waals surface area contributed by atoms with Gasteiger partial charge in [-0.25, -0.2) is 0 Å². The van der Waals surface area contributed by atoms with Crippen molar-refractivity contribution in [2.45, 2.75) is 57.8 Å². The highest BCUT2D eigenvalue weighted by atomic mass is 16.3. The van der Waals surface area contributed by atoms with Gasteiger partial charge in [0, 0.05) is 21.9 Å². The maximum atomic E-state index is 10.7. The lowest BCUT2D eigenvalue weighted by atomic mass is 9.78. The summed E-state index contributed by atoms with van der Waals surface area (Å²) in [4.78, 5) is 0. The number of benzene rings is 2. The fraction of sp³-hybridized carbons (Fsp3) is 0.474. The summed E-state index contributed by atoms with van der Waals surface area (Å²) >= 11 is 0. The van der Waals surface area contributed by atoms with Gasteiger partial charge in [-0.1, -0.05) is 50.5 Å². The molecule has 0 aromatic heterocycles. The van der Waals surface area contributed by atoms with E-state index in [1.807, 2.05) is 24.3 Å². The smallest absolute Gasteiger partial charge is 0.127 e. The number of rotatable bonds is 4. The van der Waals surface area contributed by atoms with Gasteiger partial charge in [0.15, 0.2) is 0 Å². The molecule has 3 rings (SSSR count). The van der Waals surface area contributed by atoms with Gasteiger partial charge in [0.1, 0.15) is 11.5 Å². The molecule has 0 saturated heterocycles. The maximum absolute atomic E-state index is 10.7. The average Bonchev–Trinajstić information content (AvgIpc) is 2.53. The van der Waals surface area contributed by atoms with Crippen LogP contribution in [-0.2, 0) is 6.42 Å². The Kier molecular flexibility index (Phi) is 4.05. The van der Waals surface area contributed by atoms with Gasteiger partial charge in [-0.15, -0.1) is 0 Å². The lowest BCUT2D eigenvalue weighted by Crippen LogP contribution is -2.11. The summed E-state index contributed by atoms with van der Waals surface area (Å²) in [6.45, 7) is 2.21. The molecule has 0 bridgehead atoms. The molecule has 0 radical (unpaired) electrons. The molecule has 1 atom stereocenters. The first-order chi connectivity index (χ1) is 10.2. The monoisotopic (exact) mass is 284 g/mol. The van der Waals surface area contributed by atoms with Gasteiger partial charge in [0.2, 0.25) is 0 Å². The predicted octanol–water partition coefficient (Wildman–Crippen LogP) is 5.25. The first-order valence-corrected chi connectivity index (χ1v) is 8.19. The van der Waals surface area contributed by atoms with E-state index in [0.29, 0.717) is 17.4 Å². The quantitative estimate of drug-likeness (QED) is 0.594. The van der Waals surface area contributed by atoms with Gasteiger partial charge in [-0.2, -0.15) is 0 Å². The van der Waals surface area contributed by atoms with Crippen molar-refractivity contribution in [1.82, 2.24) is 0 Å². The van der Waals surface area contributed by atoms with Crippen LogP contribution in [0.5, 0.6) is 11.5 Å². The molecule has 2 aromatic rings. The minimum absolute atomic E-state index is 0.388. The van der Waals surface area contributed by atoms with Gasteiger partial charge in [0.05, 0.1) is 0 Å². The SMILES string of the molecule is CCCCCC1CCCc2c1c(O)c1ccccc1c2O. The average molecular weight is 284 g/mol. The van der Waals surface area contributed by atoms with Crippen molar-refractivity contribution in [3.05, 3.63) is 35.4 Å². The number of hydrogen-bond acceptors (Lipinski definition) is 2. The van der Waals surface area contributed by atoms with Crippen molar-refractivity contribution in [3.63, 3.8) is 0 Å². The Morgan fingerprint density at radius 3 is 2.48 bits per heavy atom. The molecule has 112 valence electrons. The van der Waals surface area contributed by atoms with Crippen molar-refractivity contribution in [2.24, 2.45) is 0 Å². The predicted molar refractivity (Wildman–Crippen MR) is 87.1 cm³/mol. The van der Waals surface area contributed by atoms with Crippen molar-refractivity contribution in [1.29, 1.82) is 0 Å². The molecule has 1 unspecified atom stereocenters. The molecule has 2 nitrogen and oxygen atoms in total. The maximum Gasteiger partial charge on any atom is 0.127 e. The zero-order chi connectivity index (χ0) is 14.8. The van der Waals surface area contributed by atoms with Crippen LogP contribution in [0.3, 0.4) is 0 Å². The van der Waals surface area contributed by atoms with Crippen LogP contribution in [-0.4, -0.2) is 10.2 Å². The molecular weight excluding hydrogens is 260 g/mol. The van der Waals surface area contributed by atoms with Crippen molar-refractivity contribution >= 4 is 10.8 Å². The number of phenols is 2. The minimum atomic E-state index is 0.388. The Morgan fingerprint density at radius 2 is 1.76 bits per heavy atom. The highest BCUT2D eigenvalue weighted by Gasteiger charge is 2.27. The molecule has 0 aliphatic heterocycles. The van der Waals surface area contributed by atoms with Crippen molar-refractivity contribution < 1.29 is 10.2 Å². The number of aromatic hydroxyl groups is 2. The van der Waals surface area contributed by atoms with Crippen LogP contribution in [0.1, 0.15) is 62.5 Å². The minimum Gasteiger partial charge on any atom is -0.507 e.